The van der Waals surface area contributed by atoms with E-state index in [-0.39, 0.29) is 12.5 Å². The van der Waals surface area contributed by atoms with Gasteiger partial charge in [-0.2, -0.15) is 0 Å². The lowest BCUT2D eigenvalue weighted by Gasteiger charge is -2.24. The van der Waals surface area contributed by atoms with Crippen molar-refractivity contribution in [3.8, 4) is 11.5 Å². The van der Waals surface area contributed by atoms with Gasteiger partial charge in [0.05, 0.1) is 0 Å². The van der Waals surface area contributed by atoms with Gasteiger partial charge in [-0.1, -0.05) is 19.9 Å². The molecule has 1 aromatic rings. The van der Waals surface area contributed by atoms with Gasteiger partial charge in [-0.3, -0.25) is 0 Å². The Morgan fingerprint density at radius 2 is 2.06 bits per heavy atom. The summed E-state index contributed by atoms with van der Waals surface area (Å²) in [5.74, 6) is 1.84. The van der Waals surface area contributed by atoms with E-state index in [0.29, 0.717) is 13.2 Å². The Labute approximate surface area is 96.0 Å². The summed E-state index contributed by atoms with van der Waals surface area (Å²) in [6.45, 7) is 5.50. The minimum atomic E-state index is 0.144. The third kappa shape index (κ3) is 1.87. The lowest BCUT2D eigenvalue weighted by Crippen LogP contribution is -2.17. The smallest absolute Gasteiger partial charge is 0.164 e. The van der Waals surface area contributed by atoms with Crippen LogP contribution in [0.3, 0.4) is 0 Å². The van der Waals surface area contributed by atoms with E-state index >= 15 is 0 Å². The highest BCUT2D eigenvalue weighted by Crippen LogP contribution is 2.38. The van der Waals surface area contributed by atoms with Crippen molar-refractivity contribution in [1.29, 1.82) is 0 Å². The average molecular weight is 222 g/mol. The van der Waals surface area contributed by atoms with Crippen molar-refractivity contribution in [3.05, 3.63) is 23.3 Å². The van der Waals surface area contributed by atoms with Gasteiger partial charge >= 0.3 is 0 Å². The molecule has 0 spiro atoms. The number of fused-ring (bicyclic) bond motifs is 1. The third-order valence-electron chi connectivity index (χ3n) is 3.01. The molecule has 0 saturated heterocycles. The molecule has 1 atom stereocenters. The maximum Gasteiger partial charge on any atom is 0.164 e. The zero-order valence-electron chi connectivity index (χ0n) is 9.82. The fourth-order valence-corrected chi connectivity index (χ4v) is 2.11. The normalized spacial score (nSPS) is 15.9. The Morgan fingerprint density at radius 1 is 1.31 bits per heavy atom. The molecule has 0 aliphatic carbocycles. The number of benzene rings is 1. The monoisotopic (exact) mass is 222 g/mol. The Balaban J connectivity index is 2.47. The summed E-state index contributed by atoms with van der Waals surface area (Å²) in [5.41, 5.74) is 2.33. The van der Waals surface area contributed by atoms with Gasteiger partial charge in [-0.05, 0) is 18.1 Å². The Hall–Kier alpha value is -1.22. The van der Waals surface area contributed by atoms with Crippen LogP contribution in [0.2, 0.25) is 0 Å². The van der Waals surface area contributed by atoms with Crippen molar-refractivity contribution in [2.45, 2.75) is 26.2 Å². The molecule has 0 fully saturated rings. The lowest BCUT2D eigenvalue weighted by molar-refractivity contribution is 0.169. The summed E-state index contributed by atoms with van der Waals surface area (Å²) >= 11 is 0. The van der Waals surface area contributed by atoms with Crippen molar-refractivity contribution in [3.63, 3.8) is 0 Å². The van der Waals surface area contributed by atoms with Crippen LogP contribution < -0.4 is 9.47 Å². The molecule has 1 aliphatic rings. The predicted molar refractivity (Wildman–Crippen MR) is 62.3 cm³/mol. The molecule has 0 bridgehead atoms. The number of hydrogen-bond donors (Lipinski definition) is 1. The van der Waals surface area contributed by atoms with Gasteiger partial charge in [0.15, 0.2) is 11.5 Å². The molecule has 3 nitrogen and oxygen atoms in total. The molecule has 3 heteroatoms. The van der Waals surface area contributed by atoms with Gasteiger partial charge in [-0.15, -0.1) is 0 Å². The first-order valence-corrected chi connectivity index (χ1v) is 5.80. The highest BCUT2D eigenvalue weighted by molar-refractivity contribution is 5.52. The molecule has 0 aromatic heterocycles. The molecule has 88 valence electrons. The number of ether oxygens (including phenoxy) is 2. The first-order chi connectivity index (χ1) is 7.77. The third-order valence-corrected chi connectivity index (χ3v) is 3.01. The van der Waals surface area contributed by atoms with Crippen molar-refractivity contribution in [2.24, 2.45) is 0 Å². The number of hydrogen-bond acceptors (Lipinski definition) is 3. The largest absolute Gasteiger partial charge is 0.486 e. The molecule has 2 rings (SSSR count). The Morgan fingerprint density at radius 3 is 2.75 bits per heavy atom. The second-order valence-corrected chi connectivity index (χ2v) is 4.09. The Bertz CT molecular complexity index is 374. The molecule has 0 radical (unpaired) electrons. The lowest BCUT2D eigenvalue weighted by atomic mass is 9.93. The van der Waals surface area contributed by atoms with Gasteiger partial charge in [0.2, 0.25) is 0 Å². The maximum atomic E-state index is 9.24. The predicted octanol–water partition coefficient (Wildman–Crippen LogP) is 2.12. The summed E-state index contributed by atoms with van der Waals surface area (Å²) in [5, 5.41) is 9.24. The summed E-state index contributed by atoms with van der Waals surface area (Å²) < 4.78 is 11.2. The topological polar surface area (TPSA) is 38.7 Å². The van der Waals surface area contributed by atoms with Gasteiger partial charge < -0.3 is 14.6 Å². The fraction of sp³-hybridized carbons (Fsp3) is 0.538. The van der Waals surface area contributed by atoms with Gasteiger partial charge in [0.25, 0.3) is 0 Å². The van der Waals surface area contributed by atoms with Crippen LogP contribution in [0.1, 0.15) is 30.9 Å². The fourth-order valence-electron chi connectivity index (χ4n) is 2.11. The summed E-state index contributed by atoms with van der Waals surface area (Å²) in [7, 11) is 0. The van der Waals surface area contributed by atoms with Crippen LogP contribution >= 0.6 is 0 Å². The zero-order chi connectivity index (χ0) is 11.5. The quantitative estimate of drug-likeness (QED) is 0.851. The molecule has 16 heavy (non-hydrogen) atoms. The minimum absolute atomic E-state index is 0.144. The van der Waals surface area contributed by atoms with E-state index in [9.17, 15) is 5.11 Å². The van der Waals surface area contributed by atoms with Crippen LogP contribution in [0.25, 0.3) is 0 Å². The van der Waals surface area contributed by atoms with Crippen molar-refractivity contribution < 1.29 is 14.6 Å². The average Bonchev–Trinajstić information content (AvgIpc) is 2.36. The standard InChI is InChI=1S/C13H18O3/c1-3-10-11(9(2)8-14)4-5-12-13(10)16-7-6-15-12/h4-5,9,14H,3,6-8H2,1-2H3. The van der Waals surface area contributed by atoms with Gasteiger partial charge in [-0.25, -0.2) is 0 Å². The molecule has 1 heterocycles. The highest BCUT2D eigenvalue weighted by Gasteiger charge is 2.20. The van der Waals surface area contributed by atoms with E-state index in [4.69, 9.17) is 9.47 Å². The van der Waals surface area contributed by atoms with E-state index in [0.717, 1.165) is 23.5 Å². The number of rotatable bonds is 3. The van der Waals surface area contributed by atoms with E-state index in [1.54, 1.807) is 0 Å². The number of aliphatic hydroxyl groups is 1. The van der Waals surface area contributed by atoms with Crippen molar-refractivity contribution >= 4 is 0 Å². The first kappa shape index (κ1) is 11.3. The van der Waals surface area contributed by atoms with Crippen LogP contribution in [-0.4, -0.2) is 24.9 Å². The molecule has 1 aromatic carbocycles. The second-order valence-electron chi connectivity index (χ2n) is 4.09. The number of aliphatic hydroxyl groups excluding tert-OH is 1. The summed E-state index contributed by atoms with van der Waals surface area (Å²) in [4.78, 5) is 0. The molecular weight excluding hydrogens is 204 g/mol. The molecule has 1 aliphatic heterocycles. The van der Waals surface area contributed by atoms with Gasteiger partial charge in [0.1, 0.15) is 13.2 Å². The molecule has 0 saturated carbocycles. The van der Waals surface area contributed by atoms with E-state index in [1.807, 2.05) is 19.1 Å². The Kier molecular flexibility index (Phi) is 3.34. The zero-order valence-corrected chi connectivity index (χ0v) is 9.82. The van der Waals surface area contributed by atoms with Gasteiger partial charge in [0, 0.05) is 18.1 Å². The van der Waals surface area contributed by atoms with E-state index < -0.39 is 0 Å². The van der Waals surface area contributed by atoms with Crippen LogP contribution in [0.15, 0.2) is 12.1 Å². The van der Waals surface area contributed by atoms with Crippen molar-refractivity contribution in [1.82, 2.24) is 0 Å². The summed E-state index contributed by atoms with van der Waals surface area (Å²) in [6, 6.07) is 3.97. The molecule has 0 amide bonds. The molecular formula is C13H18O3. The van der Waals surface area contributed by atoms with Crippen LogP contribution in [0, 0.1) is 0 Å². The maximum absolute atomic E-state index is 9.24. The minimum Gasteiger partial charge on any atom is -0.486 e. The second kappa shape index (κ2) is 4.74. The van der Waals surface area contributed by atoms with Crippen molar-refractivity contribution in [2.75, 3.05) is 19.8 Å². The van der Waals surface area contributed by atoms with E-state index in [2.05, 4.69) is 6.92 Å². The molecule has 1 N–H and O–H groups in total. The summed E-state index contributed by atoms with van der Waals surface area (Å²) in [6.07, 6.45) is 0.895. The van der Waals surface area contributed by atoms with E-state index in [1.165, 1.54) is 5.56 Å². The van der Waals surface area contributed by atoms with Crippen LogP contribution in [0.5, 0.6) is 11.5 Å². The first-order valence-electron chi connectivity index (χ1n) is 5.80. The molecule has 1 unspecified atom stereocenters. The SMILES string of the molecule is CCc1c(C(C)CO)ccc2c1OCCO2. The van der Waals surface area contributed by atoms with Crippen LogP contribution in [-0.2, 0) is 6.42 Å². The van der Waals surface area contributed by atoms with Crippen LogP contribution in [0.4, 0.5) is 0 Å². The highest BCUT2D eigenvalue weighted by atomic mass is 16.6.